The van der Waals surface area contributed by atoms with Gasteiger partial charge < -0.3 is 0 Å². The molecule has 190 valence electrons. The van der Waals surface area contributed by atoms with Crippen molar-refractivity contribution in [2.24, 2.45) is 9.98 Å². The average molecular weight is 543 g/mol. The van der Waals surface area contributed by atoms with Crippen LogP contribution in [0.25, 0.3) is 0 Å². The highest BCUT2D eigenvalue weighted by Gasteiger charge is 2.18. The van der Waals surface area contributed by atoms with Gasteiger partial charge in [-0.3, -0.25) is 20.2 Å². The van der Waals surface area contributed by atoms with E-state index < -0.39 is 9.85 Å². The van der Waals surface area contributed by atoms with Crippen molar-refractivity contribution >= 4 is 54.4 Å². The van der Waals surface area contributed by atoms with Gasteiger partial charge in [-0.05, 0) is 84.0 Å². The van der Waals surface area contributed by atoms with Gasteiger partial charge in [-0.1, -0.05) is 36.4 Å². The smallest absolute Gasteiger partial charge is 0.258 e. The minimum Gasteiger partial charge on any atom is -0.258 e. The number of nitro benzene ring substituents is 2. The number of nitro groups is 2. The molecule has 10 heteroatoms. The molecule has 4 aromatic rings. The van der Waals surface area contributed by atoms with Crippen molar-refractivity contribution in [3.63, 3.8) is 0 Å². The van der Waals surface area contributed by atoms with Crippen LogP contribution in [0.4, 0.5) is 22.7 Å². The van der Waals surface area contributed by atoms with Crippen LogP contribution in [0.3, 0.4) is 0 Å². The number of benzene rings is 4. The molecule has 0 amide bonds. The monoisotopic (exact) mass is 542 g/mol. The molecule has 0 radical (unpaired) electrons. The Morgan fingerprint density at radius 3 is 1.29 bits per heavy atom. The highest BCUT2D eigenvalue weighted by molar-refractivity contribution is 8.87. The van der Waals surface area contributed by atoms with E-state index in [0.29, 0.717) is 21.2 Å². The van der Waals surface area contributed by atoms with Crippen LogP contribution < -0.4 is 0 Å². The molecule has 0 aliphatic rings. The second-order valence-corrected chi connectivity index (χ2v) is 10.3. The first-order valence-corrected chi connectivity index (χ1v) is 13.6. The van der Waals surface area contributed by atoms with Crippen LogP contribution in [0.1, 0.15) is 22.3 Å². The highest BCUT2D eigenvalue weighted by Crippen LogP contribution is 2.36. The van der Waals surface area contributed by atoms with Gasteiger partial charge in [0.2, 0.25) is 0 Å². The fraction of sp³-hybridized carbons (Fsp3) is 0.0714. The van der Waals surface area contributed by atoms with Crippen LogP contribution in [0, 0.1) is 34.1 Å². The van der Waals surface area contributed by atoms with Crippen molar-refractivity contribution in [1.82, 2.24) is 0 Å². The SMILES string of the molecule is Cc1cc(C(=Nc2ccccc2)SSC(=Nc2ccccc2)c2ccc([N+](=O)[O-])c(C)c2)ccc1[N+](=O)[O-]. The van der Waals surface area contributed by atoms with Crippen LogP contribution in [0.15, 0.2) is 107 Å². The van der Waals surface area contributed by atoms with Gasteiger partial charge in [0.1, 0.15) is 10.1 Å². The van der Waals surface area contributed by atoms with E-state index in [2.05, 4.69) is 0 Å². The predicted octanol–water partition coefficient (Wildman–Crippen LogP) is 8.36. The number of hydrogen-bond donors (Lipinski definition) is 0. The van der Waals surface area contributed by atoms with Crippen LogP contribution in [-0.4, -0.2) is 19.9 Å². The summed E-state index contributed by atoms with van der Waals surface area (Å²) in [5.74, 6) is 0. The molecule has 0 spiro atoms. The number of aryl methyl sites for hydroxylation is 2. The molecule has 0 N–H and O–H groups in total. The lowest BCUT2D eigenvalue weighted by Crippen LogP contribution is -2.01. The van der Waals surface area contributed by atoms with E-state index >= 15 is 0 Å². The number of aliphatic imine (C=N–C) groups is 2. The van der Waals surface area contributed by atoms with Gasteiger partial charge in [0, 0.05) is 34.4 Å². The van der Waals surface area contributed by atoms with E-state index in [1.54, 1.807) is 38.1 Å². The maximum atomic E-state index is 11.3. The maximum absolute atomic E-state index is 11.3. The molecule has 0 aromatic heterocycles. The Labute approximate surface area is 227 Å². The Hall–Kier alpha value is -4.28. The van der Waals surface area contributed by atoms with Gasteiger partial charge in [0.25, 0.3) is 11.4 Å². The Morgan fingerprint density at radius 2 is 0.974 bits per heavy atom. The molecule has 0 heterocycles. The largest absolute Gasteiger partial charge is 0.272 e. The molecule has 0 aliphatic carbocycles. The summed E-state index contributed by atoms with van der Waals surface area (Å²) in [6.45, 7) is 3.39. The Balaban J connectivity index is 1.74. The van der Waals surface area contributed by atoms with Crippen LogP contribution in [-0.2, 0) is 0 Å². The number of hydrogen-bond acceptors (Lipinski definition) is 8. The van der Waals surface area contributed by atoms with E-state index in [-0.39, 0.29) is 11.4 Å². The first-order chi connectivity index (χ1) is 18.3. The molecular weight excluding hydrogens is 520 g/mol. The van der Waals surface area contributed by atoms with E-state index in [4.69, 9.17) is 9.98 Å². The minimum absolute atomic E-state index is 0.0400. The van der Waals surface area contributed by atoms with Crippen molar-refractivity contribution in [3.05, 3.63) is 140 Å². The lowest BCUT2D eigenvalue weighted by atomic mass is 10.1. The van der Waals surface area contributed by atoms with Crippen molar-refractivity contribution < 1.29 is 9.85 Å². The third-order valence-electron chi connectivity index (χ3n) is 5.45. The first kappa shape index (κ1) is 26.8. The zero-order valence-electron chi connectivity index (χ0n) is 20.5. The molecule has 0 saturated heterocycles. The highest BCUT2D eigenvalue weighted by atomic mass is 33.1. The molecule has 4 aromatic carbocycles. The predicted molar refractivity (Wildman–Crippen MR) is 156 cm³/mol. The topological polar surface area (TPSA) is 111 Å². The van der Waals surface area contributed by atoms with Crippen molar-refractivity contribution in [2.75, 3.05) is 0 Å². The summed E-state index contributed by atoms with van der Waals surface area (Å²) in [7, 11) is 2.73. The number of para-hydroxylation sites is 2. The molecule has 38 heavy (non-hydrogen) atoms. The second-order valence-electron chi connectivity index (χ2n) is 8.19. The van der Waals surface area contributed by atoms with Gasteiger partial charge in [0.15, 0.2) is 0 Å². The van der Waals surface area contributed by atoms with Gasteiger partial charge >= 0.3 is 0 Å². The Morgan fingerprint density at radius 1 is 0.605 bits per heavy atom. The van der Waals surface area contributed by atoms with Crippen molar-refractivity contribution in [3.8, 4) is 0 Å². The van der Waals surface area contributed by atoms with E-state index in [1.807, 2.05) is 60.7 Å². The van der Waals surface area contributed by atoms with Gasteiger partial charge in [-0.15, -0.1) is 0 Å². The molecular formula is C28H22N4O4S2. The zero-order chi connectivity index (χ0) is 27.1. The van der Waals surface area contributed by atoms with Gasteiger partial charge in [-0.2, -0.15) is 0 Å². The van der Waals surface area contributed by atoms with Crippen LogP contribution >= 0.6 is 21.6 Å². The molecule has 0 bridgehead atoms. The lowest BCUT2D eigenvalue weighted by molar-refractivity contribution is -0.385. The molecule has 4 rings (SSSR count). The van der Waals surface area contributed by atoms with Crippen molar-refractivity contribution in [1.29, 1.82) is 0 Å². The summed E-state index contributed by atoms with van der Waals surface area (Å²) in [5, 5.41) is 24.0. The molecule has 0 unspecified atom stereocenters. The van der Waals surface area contributed by atoms with Crippen molar-refractivity contribution in [2.45, 2.75) is 13.8 Å². The Bertz CT molecular complexity index is 1420. The number of rotatable bonds is 6. The summed E-state index contributed by atoms with van der Waals surface area (Å²) in [6, 6.07) is 28.7. The number of nitrogens with zero attached hydrogens (tertiary/aromatic N) is 4. The third kappa shape index (κ3) is 6.72. The normalized spacial score (nSPS) is 11.8. The molecule has 0 atom stereocenters. The molecule has 0 fully saturated rings. The van der Waals surface area contributed by atoms with Crippen LogP contribution in [0.5, 0.6) is 0 Å². The van der Waals surface area contributed by atoms with Gasteiger partial charge in [0.05, 0.1) is 21.2 Å². The summed E-state index contributed by atoms with van der Waals surface area (Å²) in [5.41, 5.74) is 4.07. The molecule has 0 saturated carbocycles. The van der Waals surface area contributed by atoms with Crippen LogP contribution in [0.2, 0.25) is 0 Å². The van der Waals surface area contributed by atoms with E-state index in [9.17, 15) is 20.2 Å². The average Bonchev–Trinajstić information content (AvgIpc) is 2.90. The second kappa shape index (κ2) is 12.3. The summed E-state index contributed by atoms with van der Waals surface area (Å²) in [6.07, 6.45) is 0. The lowest BCUT2D eigenvalue weighted by Gasteiger charge is -2.11. The summed E-state index contributed by atoms with van der Waals surface area (Å²) in [4.78, 5) is 31.5. The van der Waals surface area contributed by atoms with Gasteiger partial charge in [-0.25, -0.2) is 9.98 Å². The minimum atomic E-state index is -0.406. The summed E-state index contributed by atoms with van der Waals surface area (Å²) < 4.78 is 0. The maximum Gasteiger partial charge on any atom is 0.272 e. The standard InChI is InChI=1S/C28H22N4O4S2/c1-19-17-21(13-15-25(19)31(33)34)27(29-23-9-5-3-6-10-23)37-38-28(30-24-11-7-4-8-12-24)22-14-16-26(32(35)36)20(2)18-22/h3-18H,1-2H3. The Kier molecular flexibility index (Phi) is 8.67. The summed E-state index contributed by atoms with van der Waals surface area (Å²) >= 11 is 0. The zero-order valence-corrected chi connectivity index (χ0v) is 22.1. The third-order valence-corrected chi connectivity index (χ3v) is 7.70. The molecule has 0 aliphatic heterocycles. The van der Waals surface area contributed by atoms with E-state index in [1.165, 1.54) is 33.7 Å². The fourth-order valence-electron chi connectivity index (χ4n) is 3.57. The quantitative estimate of drug-likeness (QED) is 0.0795. The first-order valence-electron chi connectivity index (χ1n) is 11.4. The fourth-order valence-corrected chi connectivity index (χ4v) is 5.73. The van der Waals surface area contributed by atoms with E-state index in [0.717, 1.165) is 22.5 Å². The molecule has 8 nitrogen and oxygen atoms in total.